The van der Waals surface area contributed by atoms with Crippen LogP contribution >= 0.6 is 22.6 Å². The third kappa shape index (κ3) is 5.10. The zero-order valence-electron chi connectivity index (χ0n) is 17.8. The van der Waals surface area contributed by atoms with Crippen LogP contribution in [0.15, 0.2) is 91.0 Å². The van der Waals surface area contributed by atoms with Gasteiger partial charge in [-0.05, 0) is 22.4 Å². The van der Waals surface area contributed by atoms with E-state index in [0.717, 1.165) is 6.42 Å². The Morgan fingerprint density at radius 2 is 1.14 bits per heavy atom. The lowest BCUT2D eigenvalue weighted by Gasteiger charge is -2.44. The van der Waals surface area contributed by atoms with E-state index < -0.39 is 15.4 Å². The van der Waals surface area contributed by atoms with Crippen molar-refractivity contribution >= 4 is 48.4 Å². The Hall–Kier alpha value is -1.22. The highest BCUT2D eigenvalue weighted by molar-refractivity contribution is 14.1. The van der Waals surface area contributed by atoms with Crippen molar-refractivity contribution in [2.45, 2.75) is 43.0 Å². The molecule has 0 aliphatic heterocycles. The summed E-state index contributed by atoms with van der Waals surface area (Å²) >= 11 is 2.53. The van der Waals surface area contributed by atoms with Crippen LogP contribution in [-0.2, 0) is 4.43 Å². The zero-order valence-corrected chi connectivity index (χ0v) is 22.0. The zero-order chi connectivity index (χ0) is 20.9. The van der Waals surface area contributed by atoms with E-state index in [9.17, 15) is 0 Å². The molecule has 4 heteroatoms. The Bertz CT molecular complexity index is 837. The number of benzene rings is 3. The Kier molecular flexibility index (Phi) is 7.54. The highest BCUT2D eigenvalue weighted by Crippen LogP contribution is 2.32. The van der Waals surface area contributed by atoms with E-state index >= 15 is 0 Å². The first-order valence-electron chi connectivity index (χ1n) is 10.3. The minimum atomic E-state index is -2.43. The molecule has 0 saturated carbocycles. The van der Waals surface area contributed by atoms with E-state index in [1.165, 1.54) is 15.9 Å². The van der Waals surface area contributed by atoms with E-state index in [1.54, 1.807) is 0 Å². The van der Waals surface area contributed by atoms with Crippen LogP contribution in [0.25, 0.3) is 0 Å². The first-order valence-corrected chi connectivity index (χ1v) is 18.0. The summed E-state index contributed by atoms with van der Waals surface area (Å²) in [7, 11) is -4.18. The van der Waals surface area contributed by atoms with Gasteiger partial charge in [-0.15, -0.1) is 0 Å². The summed E-state index contributed by atoms with van der Waals surface area (Å²) in [5.41, 5.74) is 1.29. The second kappa shape index (κ2) is 9.73. The van der Waals surface area contributed by atoms with E-state index in [2.05, 4.69) is 140 Å². The number of hydrogen-bond acceptors (Lipinski definition) is 1. The number of alkyl halides is 1. The van der Waals surface area contributed by atoms with Crippen molar-refractivity contribution in [3.8, 4) is 0 Å². The molecule has 0 unspecified atom stereocenters. The first-order chi connectivity index (χ1) is 13.8. The van der Waals surface area contributed by atoms with Crippen LogP contribution in [-0.4, -0.2) is 19.4 Å². The van der Waals surface area contributed by atoms with Gasteiger partial charge in [0.2, 0.25) is 7.83 Å². The Morgan fingerprint density at radius 1 is 0.724 bits per heavy atom. The average Bonchev–Trinajstić information content (AvgIpc) is 2.72. The van der Waals surface area contributed by atoms with Crippen LogP contribution in [0.2, 0.25) is 19.6 Å². The maximum atomic E-state index is 7.47. The fourth-order valence-corrected chi connectivity index (χ4v) is 16.9. The lowest BCUT2D eigenvalue weighted by molar-refractivity contribution is 0.199. The fourth-order valence-electron chi connectivity index (χ4n) is 4.12. The maximum Gasteiger partial charge on any atom is 0.240 e. The molecule has 0 spiro atoms. The topological polar surface area (TPSA) is 9.23 Å². The second-order valence-electron chi connectivity index (χ2n) is 8.70. The van der Waals surface area contributed by atoms with Gasteiger partial charge in [0, 0.05) is 3.92 Å². The summed E-state index contributed by atoms with van der Waals surface area (Å²) in [6.45, 7) is 9.72. The quantitative estimate of drug-likeness (QED) is 0.193. The Labute approximate surface area is 191 Å². The average molecular weight is 531 g/mol. The summed E-state index contributed by atoms with van der Waals surface area (Å²) in [5, 5.41) is 2.79. The van der Waals surface area contributed by atoms with Crippen molar-refractivity contribution in [3.63, 3.8) is 0 Å². The van der Waals surface area contributed by atoms with Crippen LogP contribution in [0.5, 0.6) is 0 Å². The van der Waals surface area contributed by atoms with Gasteiger partial charge in [0.25, 0.3) is 0 Å². The van der Waals surface area contributed by atoms with Crippen molar-refractivity contribution in [2.24, 2.45) is 0 Å². The number of rotatable bonds is 8. The molecule has 3 aromatic rings. The molecule has 152 valence electrons. The van der Waals surface area contributed by atoms with Gasteiger partial charge in [-0.25, -0.2) is 0 Å². The fraction of sp³-hybridized carbons (Fsp3) is 0.280. The molecule has 2 atom stereocenters. The van der Waals surface area contributed by atoms with Gasteiger partial charge >= 0.3 is 0 Å². The molecule has 0 heterocycles. The van der Waals surface area contributed by atoms with E-state index in [0.29, 0.717) is 3.92 Å². The van der Waals surface area contributed by atoms with Crippen molar-refractivity contribution < 1.29 is 4.43 Å². The molecule has 0 aromatic heterocycles. The van der Waals surface area contributed by atoms with Crippen LogP contribution in [0.4, 0.5) is 0 Å². The predicted octanol–water partition coefficient (Wildman–Crippen LogP) is 6.13. The molecular formula is C25H31IOSi2. The third-order valence-electron chi connectivity index (χ3n) is 5.45. The number of hydrogen-bond donors (Lipinski definition) is 0. The van der Waals surface area contributed by atoms with Crippen LogP contribution < -0.4 is 10.4 Å². The third-order valence-corrected chi connectivity index (χ3v) is 19.4. The molecule has 1 nitrogen and oxygen atoms in total. The minimum absolute atomic E-state index is 0.0990. The van der Waals surface area contributed by atoms with Gasteiger partial charge in [0.15, 0.2) is 0 Å². The van der Waals surface area contributed by atoms with Crippen LogP contribution in [0.1, 0.15) is 25.0 Å². The lowest BCUT2D eigenvalue weighted by Crippen LogP contribution is -2.75. The van der Waals surface area contributed by atoms with Gasteiger partial charge in [-0.3, -0.25) is 0 Å². The summed E-state index contributed by atoms with van der Waals surface area (Å²) in [5.74, 6) is 0. The summed E-state index contributed by atoms with van der Waals surface area (Å²) < 4.78 is 8.01. The summed E-state index contributed by atoms with van der Waals surface area (Å²) in [6.07, 6.45) is 1.12. The van der Waals surface area contributed by atoms with Gasteiger partial charge in [0.1, 0.15) is 0 Å². The SMILES string of the molecule is C[C@@H](I)C[C@H](O[Si](c1ccccc1)(c1ccccc1)[Si](C)(C)C)c1ccccc1. The molecular weight excluding hydrogens is 499 g/mol. The van der Waals surface area contributed by atoms with Gasteiger partial charge in [-0.2, -0.15) is 0 Å². The van der Waals surface area contributed by atoms with Gasteiger partial charge < -0.3 is 4.43 Å². The molecule has 0 N–H and O–H groups in total. The molecule has 3 rings (SSSR count). The molecule has 29 heavy (non-hydrogen) atoms. The second-order valence-corrected chi connectivity index (χ2v) is 24.7. The van der Waals surface area contributed by atoms with Crippen LogP contribution in [0.3, 0.4) is 0 Å². The molecule has 0 bridgehead atoms. The molecule has 0 amide bonds. The highest BCUT2D eigenvalue weighted by atomic mass is 127. The van der Waals surface area contributed by atoms with Crippen LogP contribution in [0, 0.1) is 0 Å². The molecule has 0 saturated heterocycles. The smallest absolute Gasteiger partial charge is 0.240 e. The lowest BCUT2D eigenvalue weighted by atomic mass is 10.1. The normalized spacial score (nSPS) is 14.4. The predicted molar refractivity (Wildman–Crippen MR) is 140 cm³/mol. The maximum absolute atomic E-state index is 7.47. The Balaban J connectivity index is 2.21. The standard InChI is InChI=1S/C25H31IOSi2/c1-21(26)20-25(22-14-8-5-9-15-22)27-29(28(2,3)4,23-16-10-6-11-17-23)24-18-12-7-13-19-24/h5-19,21,25H,20H2,1-4H3/t21-,25+/m1/s1. The minimum Gasteiger partial charge on any atom is -0.404 e. The largest absolute Gasteiger partial charge is 0.404 e. The van der Waals surface area contributed by atoms with E-state index in [4.69, 9.17) is 4.43 Å². The summed E-state index contributed by atoms with van der Waals surface area (Å²) in [4.78, 5) is 0. The van der Waals surface area contributed by atoms with Crippen molar-refractivity contribution in [2.75, 3.05) is 0 Å². The Morgan fingerprint density at radius 3 is 1.52 bits per heavy atom. The molecule has 0 aliphatic rings. The van der Waals surface area contributed by atoms with Crippen molar-refractivity contribution in [1.82, 2.24) is 0 Å². The first kappa shape index (κ1) is 22.5. The monoisotopic (exact) mass is 530 g/mol. The molecule has 0 radical (unpaired) electrons. The molecule has 3 aromatic carbocycles. The highest BCUT2D eigenvalue weighted by Gasteiger charge is 2.52. The molecule has 0 fully saturated rings. The summed E-state index contributed by atoms with van der Waals surface area (Å²) in [6, 6.07) is 32.9. The van der Waals surface area contributed by atoms with Gasteiger partial charge in [-0.1, -0.05) is 140 Å². The van der Waals surface area contributed by atoms with Gasteiger partial charge in [0.05, 0.1) is 13.7 Å². The van der Waals surface area contributed by atoms with Crippen molar-refractivity contribution in [1.29, 1.82) is 0 Å². The van der Waals surface area contributed by atoms with E-state index in [-0.39, 0.29) is 6.10 Å². The van der Waals surface area contributed by atoms with Crippen molar-refractivity contribution in [3.05, 3.63) is 96.6 Å². The molecule has 0 aliphatic carbocycles. The number of halogens is 1. The van der Waals surface area contributed by atoms with E-state index in [1.807, 2.05) is 0 Å².